The largest absolute Gasteiger partial charge is 0.345 e. The monoisotopic (exact) mass is 267 g/mol. The van der Waals surface area contributed by atoms with Crippen LogP contribution in [0.25, 0.3) is 0 Å². The molecule has 0 bridgehead atoms. The maximum absolute atomic E-state index is 13.5. The number of benzene rings is 1. The SMILES string of the molecule is CC(NC(=O)c1c(F)cccc1Cl)c1cn[nH]c1. The summed E-state index contributed by atoms with van der Waals surface area (Å²) in [6.07, 6.45) is 3.25. The first-order valence-corrected chi connectivity index (χ1v) is 5.71. The van der Waals surface area contributed by atoms with Crippen LogP contribution in [-0.2, 0) is 0 Å². The minimum atomic E-state index is -0.639. The van der Waals surface area contributed by atoms with Gasteiger partial charge in [0, 0.05) is 11.8 Å². The molecule has 1 amide bonds. The van der Waals surface area contributed by atoms with Crippen LogP contribution in [0.5, 0.6) is 0 Å². The zero-order valence-electron chi connectivity index (χ0n) is 9.58. The van der Waals surface area contributed by atoms with E-state index in [1.54, 1.807) is 19.3 Å². The lowest BCUT2D eigenvalue weighted by molar-refractivity contribution is 0.0936. The molecule has 0 spiro atoms. The molecule has 94 valence electrons. The maximum atomic E-state index is 13.5. The van der Waals surface area contributed by atoms with Crippen LogP contribution in [0.15, 0.2) is 30.6 Å². The molecular formula is C12H11ClFN3O. The molecule has 1 heterocycles. The summed E-state index contributed by atoms with van der Waals surface area (Å²) < 4.78 is 13.5. The van der Waals surface area contributed by atoms with E-state index in [1.165, 1.54) is 18.2 Å². The van der Waals surface area contributed by atoms with Gasteiger partial charge in [-0.25, -0.2) is 4.39 Å². The number of aromatic nitrogens is 2. The number of H-pyrrole nitrogens is 1. The Balaban J connectivity index is 2.18. The van der Waals surface area contributed by atoms with Crippen molar-refractivity contribution >= 4 is 17.5 Å². The van der Waals surface area contributed by atoms with E-state index >= 15 is 0 Å². The molecule has 2 N–H and O–H groups in total. The van der Waals surface area contributed by atoms with E-state index in [-0.39, 0.29) is 16.6 Å². The molecule has 6 heteroatoms. The molecule has 1 atom stereocenters. The molecule has 0 aliphatic heterocycles. The third kappa shape index (κ3) is 2.51. The molecule has 18 heavy (non-hydrogen) atoms. The fraction of sp³-hybridized carbons (Fsp3) is 0.167. The van der Waals surface area contributed by atoms with Gasteiger partial charge in [0.2, 0.25) is 0 Å². The predicted octanol–water partition coefficient (Wildman–Crippen LogP) is 2.69. The summed E-state index contributed by atoms with van der Waals surface area (Å²) in [5, 5.41) is 9.17. The van der Waals surface area contributed by atoms with Gasteiger partial charge in [-0.3, -0.25) is 9.89 Å². The van der Waals surface area contributed by atoms with Crippen molar-refractivity contribution in [3.63, 3.8) is 0 Å². The molecule has 0 radical (unpaired) electrons. The molecule has 1 aromatic carbocycles. The molecule has 2 aromatic rings. The number of aromatic amines is 1. The number of rotatable bonds is 3. The highest BCUT2D eigenvalue weighted by atomic mass is 35.5. The molecule has 0 saturated heterocycles. The number of nitrogens with zero attached hydrogens (tertiary/aromatic N) is 1. The average molecular weight is 268 g/mol. The Kier molecular flexibility index (Phi) is 3.62. The van der Waals surface area contributed by atoms with E-state index in [2.05, 4.69) is 15.5 Å². The van der Waals surface area contributed by atoms with Gasteiger partial charge in [-0.2, -0.15) is 5.10 Å². The first kappa shape index (κ1) is 12.6. The highest BCUT2D eigenvalue weighted by molar-refractivity contribution is 6.33. The summed E-state index contributed by atoms with van der Waals surface area (Å²) in [5.74, 6) is -1.19. The lowest BCUT2D eigenvalue weighted by Gasteiger charge is -2.13. The Labute approximate surface area is 108 Å². The summed E-state index contributed by atoms with van der Waals surface area (Å²) in [6.45, 7) is 1.78. The Morgan fingerprint density at radius 1 is 1.56 bits per heavy atom. The molecule has 1 unspecified atom stereocenters. The minimum absolute atomic E-state index is 0.0897. The zero-order valence-corrected chi connectivity index (χ0v) is 10.3. The fourth-order valence-electron chi connectivity index (χ4n) is 1.56. The van der Waals surface area contributed by atoms with Gasteiger partial charge in [0.05, 0.1) is 22.8 Å². The first-order valence-electron chi connectivity index (χ1n) is 5.33. The summed E-state index contributed by atoms with van der Waals surface area (Å²) in [6, 6.07) is 3.84. The van der Waals surface area contributed by atoms with Gasteiger partial charge in [-0.15, -0.1) is 0 Å². The Hall–Kier alpha value is -1.88. The van der Waals surface area contributed by atoms with E-state index in [9.17, 15) is 9.18 Å². The second-order valence-electron chi connectivity index (χ2n) is 3.82. The van der Waals surface area contributed by atoms with Crippen molar-refractivity contribution in [3.8, 4) is 0 Å². The summed E-state index contributed by atoms with van der Waals surface area (Å²) >= 11 is 5.81. The number of halogens is 2. The lowest BCUT2D eigenvalue weighted by atomic mass is 10.1. The van der Waals surface area contributed by atoms with E-state index in [0.29, 0.717) is 0 Å². The van der Waals surface area contributed by atoms with Crippen LogP contribution in [0.4, 0.5) is 4.39 Å². The van der Waals surface area contributed by atoms with Crippen LogP contribution in [-0.4, -0.2) is 16.1 Å². The zero-order chi connectivity index (χ0) is 13.1. The average Bonchev–Trinajstić information content (AvgIpc) is 2.81. The smallest absolute Gasteiger partial charge is 0.256 e. The fourth-order valence-corrected chi connectivity index (χ4v) is 1.81. The standard InChI is InChI=1S/C12H11ClFN3O/c1-7(8-5-15-16-6-8)17-12(18)11-9(13)3-2-4-10(11)14/h2-7H,1H3,(H,15,16)(H,17,18). The third-order valence-electron chi connectivity index (χ3n) is 2.56. The minimum Gasteiger partial charge on any atom is -0.345 e. The van der Waals surface area contributed by atoms with Crippen LogP contribution in [0, 0.1) is 5.82 Å². The van der Waals surface area contributed by atoms with Gasteiger partial charge in [0.15, 0.2) is 0 Å². The number of nitrogens with one attached hydrogen (secondary N) is 2. The highest BCUT2D eigenvalue weighted by Crippen LogP contribution is 2.20. The third-order valence-corrected chi connectivity index (χ3v) is 2.87. The van der Waals surface area contributed by atoms with E-state index in [0.717, 1.165) is 5.56 Å². The Bertz CT molecular complexity index is 536. The molecular weight excluding hydrogens is 257 g/mol. The summed E-state index contributed by atoms with van der Waals surface area (Å²) in [5.41, 5.74) is 0.658. The van der Waals surface area contributed by atoms with Crippen molar-refractivity contribution in [3.05, 3.63) is 52.6 Å². The van der Waals surface area contributed by atoms with Crippen molar-refractivity contribution in [2.45, 2.75) is 13.0 Å². The van der Waals surface area contributed by atoms with Crippen LogP contribution in [0.2, 0.25) is 5.02 Å². The van der Waals surface area contributed by atoms with Crippen LogP contribution >= 0.6 is 11.6 Å². The lowest BCUT2D eigenvalue weighted by Crippen LogP contribution is -2.27. The maximum Gasteiger partial charge on any atom is 0.256 e. The van der Waals surface area contributed by atoms with Crippen LogP contribution in [0.1, 0.15) is 28.9 Å². The van der Waals surface area contributed by atoms with Gasteiger partial charge >= 0.3 is 0 Å². The van der Waals surface area contributed by atoms with Crippen molar-refractivity contribution in [1.82, 2.24) is 15.5 Å². The first-order chi connectivity index (χ1) is 8.59. The van der Waals surface area contributed by atoms with E-state index in [1.807, 2.05) is 0 Å². The molecule has 0 aliphatic carbocycles. The Morgan fingerprint density at radius 2 is 2.33 bits per heavy atom. The predicted molar refractivity (Wildman–Crippen MR) is 65.9 cm³/mol. The van der Waals surface area contributed by atoms with Gasteiger partial charge in [0.1, 0.15) is 5.82 Å². The second kappa shape index (κ2) is 5.18. The molecule has 0 fully saturated rings. The van der Waals surface area contributed by atoms with Gasteiger partial charge in [-0.1, -0.05) is 17.7 Å². The topological polar surface area (TPSA) is 57.8 Å². The normalized spacial score (nSPS) is 12.2. The molecule has 1 aromatic heterocycles. The molecule has 4 nitrogen and oxygen atoms in total. The van der Waals surface area contributed by atoms with Crippen molar-refractivity contribution in [1.29, 1.82) is 0 Å². The highest BCUT2D eigenvalue weighted by Gasteiger charge is 2.18. The number of amides is 1. The van der Waals surface area contributed by atoms with E-state index in [4.69, 9.17) is 11.6 Å². The number of hydrogen-bond acceptors (Lipinski definition) is 2. The Morgan fingerprint density at radius 3 is 2.94 bits per heavy atom. The molecule has 0 aliphatic rings. The van der Waals surface area contributed by atoms with Crippen molar-refractivity contribution in [2.75, 3.05) is 0 Å². The molecule has 2 rings (SSSR count). The van der Waals surface area contributed by atoms with Crippen molar-refractivity contribution < 1.29 is 9.18 Å². The van der Waals surface area contributed by atoms with Crippen molar-refractivity contribution in [2.24, 2.45) is 0 Å². The number of carbonyl (C=O) groups is 1. The quantitative estimate of drug-likeness (QED) is 0.898. The van der Waals surface area contributed by atoms with Gasteiger partial charge in [0.25, 0.3) is 5.91 Å². The van der Waals surface area contributed by atoms with Crippen LogP contribution < -0.4 is 5.32 Å². The van der Waals surface area contributed by atoms with E-state index < -0.39 is 11.7 Å². The number of carbonyl (C=O) groups excluding carboxylic acids is 1. The van der Waals surface area contributed by atoms with Gasteiger partial charge in [-0.05, 0) is 19.1 Å². The second-order valence-corrected chi connectivity index (χ2v) is 4.23. The van der Waals surface area contributed by atoms with Crippen LogP contribution in [0.3, 0.4) is 0 Å². The summed E-state index contributed by atoms with van der Waals surface area (Å²) in [4.78, 5) is 11.9. The number of hydrogen-bond donors (Lipinski definition) is 2. The molecule has 0 saturated carbocycles. The van der Waals surface area contributed by atoms with Gasteiger partial charge < -0.3 is 5.32 Å². The summed E-state index contributed by atoms with van der Waals surface area (Å²) in [7, 11) is 0.